The predicted molar refractivity (Wildman–Crippen MR) is 108 cm³/mol. The lowest BCUT2D eigenvalue weighted by molar-refractivity contribution is 0.0955. The molecule has 1 rings (SSSR count). The van der Waals surface area contributed by atoms with Gasteiger partial charge in [0.1, 0.15) is 0 Å². The van der Waals surface area contributed by atoms with Gasteiger partial charge in [0.15, 0.2) is 5.96 Å². The lowest BCUT2D eigenvalue weighted by Crippen LogP contribution is -2.41. The summed E-state index contributed by atoms with van der Waals surface area (Å²) < 4.78 is 0. The number of carbonyl (C=O) groups is 1. The van der Waals surface area contributed by atoms with Crippen LogP contribution in [0.15, 0.2) is 29.3 Å². The highest BCUT2D eigenvalue weighted by molar-refractivity contribution is 14.0. The lowest BCUT2D eigenvalue weighted by atomic mass is 10.1. The summed E-state index contributed by atoms with van der Waals surface area (Å²) in [6.45, 7) is 10.2. The number of aliphatic imine (C=N–C) groups is 1. The molecule has 0 aliphatic rings. The van der Waals surface area contributed by atoms with E-state index in [0.29, 0.717) is 24.7 Å². The number of hydrogen-bond acceptors (Lipinski definition) is 2. The summed E-state index contributed by atoms with van der Waals surface area (Å²) in [6, 6.07) is 7.96. The molecule has 23 heavy (non-hydrogen) atoms. The Hall–Kier alpha value is -1.31. The largest absolute Gasteiger partial charge is 0.357 e. The van der Waals surface area contributed by atoms with Gasteiger partial charge in [-0.25, -0.2) is 4.99 Å². The standard InChI is InChI=1S/C17H28N4O.HI/c1-5-13(4)21-17(19-7-3)20-12-14-9-8-10-15(11-14)16(22)18-6-2;/h8-11,13H,5-7,12H2,1-4H3,(H,18,22)(H2,19,20,21);1H. The van der Waals surface area contributed by atoms with E-state index < -0.39 is 0 Å². The van der Waals surface area contributed by atoms with Gasteiger partial charge in [0, 0.05) is 24.7 Å². The van der Waals surface area contributed by atoms with Crippen LogP contribution in [-0.4, -0.2) is 31.0 Å². The number of hydrogen-bond donors (Lipinski definition) is 3. The molecule has 1 aromatic rings. The molecular formula is C17H29IN4O. The van der Waals surface area contributed by atoms with Gasteiger partial charge in [-0.15, -0.1) is 24.0 Å². The molecule has 0 heterocycles. The van der Waals surface area contributed by atoms with Crippen molar-refractivity contribution in [3.8, 4) is 0 Å². The summed E-state index contributed by atoms with van der Waals surface area (Å²) in [5.41, 5.74) is 1.69. The Bertz CT molecular complexity index is 505. The van der Waals surface area contributed by atoms with Crippen LogP contribution in [0.3, 0.4) is 0 Å². The number of rotatable bonds is 7. The zero-order valence-corrected chi connectivity index (χ0v) is 16.8. The highest BCUT2D eigenvalue weighted by atomic mass is 127. The van der Waals surface area contributed by atoms with Gasteiger partial charge < -0.3 is 16.0 Å². The molecule has 0 radical (unpaired) electrons. The first-order chi connectivity index (χ1) is 10.6. The van der Waals surface area contributed by atoms with E-state index in [4.69, 9.17) is 0 Å². The maximum absolute atomic E-state index is 11.9. The SMILES string of the molecule is CCNC(=O)c1cccc(CN=C(NCC)NC(C)CC)c1.I. The average molecular weight is 432 g/mol. The second-order valence-electron chi connectivity index (χ2n) is 5.21. The van der Waals surface area contributed by atoms with Gasteiger partial charge in [-0.1, -0.05) is 19.1 Å². The van der Waals surface area contributed by atoms with E-state index in [1.807, 2.05) is 38.1 Å². The zero-order valence-electron chi connectivity index (χ0n) is 14.5. The number of guanidine groups is 1. The molecule has 0 bridgehead atoms. The Morgan fingerprint density at radius 2 is 1.87 bits per heavy atom. The molecule has 0 aromatic heterocycles. The molecule has 0 fully saturated rings. The lowest BCUT2D eigenvalue weighted by Gasteiger charge is -2.16. The van der Waals surface area contributed by atoms with E-state index in [9.17, 15) is 4.79 Å². The summed E-state index contributed by atoms with van der Waals surface area (Å²) in [5.74, 6) is 0.762. The van der Waals surface area contributed by atoms with Crippen molar-refractivity contribution in [1.29, 1.82) is 0 Å². The van der Waals surface area contributed by atoms with Crippen LogP contribution in [0.4, 0.5) is 0 Å². The summed E-state index contributed by atoms with van der Waals surface area (Å²) in [5, 5.41) is 9.40. The van der Waals surface area contributed by atoms with Gasteiger partial charge in [0.25, 0.3) is 5.91 Å². The average Bonchev–Trinajstić information content (AvgIpc) is 2.53. The van der Waals surface area contributed by atoms with E-state index in [0.717, 1.165) is 24.5 Å². The van der Waals surface area contributed by atoms with Crippen molar-refractivity contribution in [2.45, 2.75) is 46.7 Å². The van der Waals surface area contributed by atoms with Crippen molar-refractivity contribution in [1.82, 2.24) is 16.0 Å². The van der Waals surface area contributed by atoms with Crippen molar-refractivity contribution in [2.24, 2.45) is 4.99 Å². The zero-order chi connectivity index (χ0) is 16.4. The molecule has 6 heteroatoms. The summed E-state index contributed by atoms with van der Waals surface area (Å²) in [4.78, 5) is 16.4. The second kappa shape index (κ2) is 12.2. The summed E-state index contributed by atoms with van der Waals surface area (Å²) >= 11 is 0. The Labute approximate surface area is 156 Å². The highest BCUT2D eigenvalue weighted by Crippen LogP contribution is 2.07. The Kier molecular flexibility index (Phi) is 11.5. The van der Waals surface area contributed by atoms with Crippen molar-refractivity contribution in [3.63, 3.8) is 0 Å². The fraction of sp³-hybridized carbons (Fsp3) is 0.529. The fourth-order valence-electron chi connectivity index (χ4n) is 1.90. The van der Waals surface area contributed by atoms with Crippen LogP contribution in [0.25, 0.3) is 0 Å². The van der Waals surface area contributed by atoms with E-state index in [1.54, 1.807) is 0 Å². The van der Waals surface area contributed by atoms with E-state index in [2.05, 4.69) is 34.8 Å². The van der Waals surface area contributed by atoms with Gasteiger partial charge in [-0.3, -0.25) is 4.79 Å². The smallest absolute Gasteiger partial charge is 0.251 e. The molecule has 0 saturated heterocycles. The highest BCUT2D eigenvalue weighted by Gasteiger charge is 2.05. The van der Waals surface area contributed by atoms with Crippen LogP contribution < -0.4 is 16.0 Å². The Balaban J connectivity index is 0.00000484. The predicted octanol–water partition coefficient (Wildman–Crippen LogP) is 2.91. The number of amides is 1. The molecule has 1 atom stereocenters. The first kappa shape index (κ1) is 21.7. The van der Waals surface area contributed by atoms with Crippen LogP contribution in [0.1, 0.15) is 50.0 Å². The van der Waals surface area contributed by atoms with Crippen molar-refractivity contribution in [3.05, 3.63) is 35.4 Å². The first-order valence-electron chi connectivity index (χ1n) is 8.02. The number of carbonyl (C=O) groups excluding carboxylic acids is 1. The van der Waals surface area contributed by atoms with Crippen LogP contribution in [0.5, 0.6) is 0 Å². The topological polar surface area (TPSA) is 65.5 Å². The third kappa shape index (κ3) is 8.20. The molecule has 0 aliphatic heterocycles. The molecule has 1 amide bonds. The van der Waals surface area contributed by atoms with Crippen LogP contribution in [0, 0.1) is 0 Å². The van der Waals surface area contributed by atoms with Crippen molar-refractivity contribution >= 4 is 35.8 Å². The van der Waals surface area contributed by atoms with E-state index in [-0.39, 0.29) is 29.9 Å². The van der Waals surface area contributed by atoms with Gasteiger partial charge >= 0.3 is 0 Å². The molecule has 0 spiro atoms. The van der Waals surface area contributed by atoms with Crippen molar-refractivity contribution < 1.29 is 4.79 Å². The number of halogens is 1. The maximum atomic E-state index is 11.9. The molecule has 1 unspecified atom stereocenters. The van der Waals surface area contributed by atoms with Crippen LogP contribution >= 0.6 is 24.0 Å². The number of benzene rings is 1. The maximum Gasteiger partial charge on any atom is 0.251 e. The minimum absolute atomic E-state index is 0. The fourth-order valence-corrected chi connectivity index (χ4v) is 1.90. The Morgan fingerprint density at radius 1 is 1.17 bits per heavy atom. The first-order valence-corrected chi connectivity index (χ1v) is 8.02. The molecule has 3 N–H and O–H groups in total. The number of nitrogens with one attached hydrogen (secondary N) is 3. The molecule has 5 nitrogen and oxygen atoms in total. The monoisotopic (exact) mass is 432 g/mol. The normalized spacial score (nSPS) is 12.1. The third-order valence-corrected chi connectivity index (χ3v) is 3.29. The van der Waals surface area contributed by atoms with Crippen LogP contribution in [-0.2, 0) is 6.54 Å². The third-order valence-electron chi connectivity index (χ3n) is 3.29. The second-order valence-corrected chi connectivity index (χ2v) is 5.21. The van der Waals surface area contributed by atoms with E-state index >= 15 is 0 Å². The van der Waals surface area contributed by atoms with Crippen molar-refractivity contribution in [2.75, 3.05) is 13.1 Å². The molecule has 0 aliphatic carbocycles. The Morgan fingerprint density at radius 3 is 2.48 bits per heavy atom. The molecular weight excluding hydrogens is 403 g/mol. The molecule has 130 valence electrons. The number of nitrogens with zero attached hydrogens (tertiary/aromatic N) is 1. The quantitative estimate of drug-likeness (QED) is 0.353. The van der Waals surface area contributed by atoms with E-state index in [1.165, 1.54) is 0 Å². The van der Waals surface area contributed by atoms with Gasteiger partial charge in [0.05, 0.1) is 6.54 Å². The van der Waals surface area contributed by atoms with Gasteiger partial charge in [0.2, 0.25) is 0 Å². The van der Waals surface area contributed by atoms with Gasteiger partial charge in [-0.2, -0.15) is 0 Å². The molecule has 0 saturated carbocycles. The minimum Gasteiger partial charge on any atom is -0.357 e. The molecule has 1 aromatic carbocycles. The summed E-state index contributed by atoms with van der Waals surface area (Å²) in [7, 11) is 0. The van der Waals surface area contributed by atoms with Crippen LogP contribution in [0.2, 0.25) is 0 Å². The summed E-state index contributed by atoms with van der Waals surface area (Å²) in [6.07, 6.45) is 1.04. The van der Waals surface area contributed by atoms with Gasteiger partial charge in [-0.05, 0) is 44.9 Å². The minimum atomic E-state index is -0.0435.